The van der Waals surface area contributed by atoms with Gasteiger partial charge in [0, 0.05) is 37.7 Å². The van der Waals surface area contributed by atoms with Crippen LogP contribution >= 0.6 is 0 Å². The average molecular weight is 371 g/mol. The van der Waals surface area contributed by atoms with Crippen molar-refractivity contribution in [3.63, 3.8) is 0 Å². The van der Waals surface area contributed by atoms with E-state index in [0.717, 1.165) is 11.8 Å². The Morgan fingerprint density at radius 3 is 2.88 bits per heavy atom. The van der Waals surface area contributed by atoms with E-state index >= 15 is 0 Å². The standard InChI is InChI=1S/C16H25N3O5S/c1-12-9-17-7-6-15(12)24-11-16(20)19-8-4-5-13(14(19)10-23-2)18-25(3,21)22/h6-7,9,13-14,18H,4-5,8,10-11H2,1-3H3/t13?,14-/m0/s1. The number of aryl methyl sites for hydroxylation is 1. The zero-order valence-electron chi connectivity index (χ0n) is 14.8. The molecule has 8 nitrogen and oxygen atoms in total. The Hall–Kier alpha value is -1.71. The minimum absolute atomic E-state index is 0.114. The number of likely N-dealkylation sites (tertiary alicyclic amines) is 1. The van der Waals surface area contributed by atoms with E-state index in [9.17, 15) is 13.2 Å². The quantitative estimate of drug-likeness (QED) is 0.741. The Kier molecular flexibility index (Phi) is 6.74. The number of aromatic nitrogens is 1. The van der Waals surface area contributed by atoms with Gasteiger partial charge >= 0.3 is 0 Å². The maximum absolute atomic E-state index is 12.6. The fourth-order valence-electron chi connectivity index (χ4n) is 3.00. The van der Waals surface area contributed by atoms with Crippen LogP contribution in [-0.4, -0.2) is 69.4 Å². The minimum atomic E-state index is -3.37. The number of rotatable bonds is 7. The molecule has 0 radical (unpaired) electrons. The summed E-state index contributed by atoms with van der Waals surface area (Å²) in [5, 5.41) is 0. The van der Waals surface area contributed by atoms with Crippen LogP contribution in [0.25, 0.3) is 0 Å². The molecule has 0 bridgehead atoms. The molecule has 2 atom stereocenters. The number of sulfonamides is 1. The molecule has 1 unspecified atom stereocenters. The van der Waals surface area contributed by atoms with E-state index in [0.29, 0.717) is 25.1 Å². The molecule has 1 aliphatic heterocycles. The number of amides is 1. The maximum atomic E-state index is 12.6. The highest BCUT2D eigenvalue weighted by Crippen LogP contribution is 2.20. The van der Waals surface area contributed by atoms with Crippen molar-refractivity contribution < 1.29 is 22.7 Å². The summed E-state index contributed by atoms with van der Waals surface area (Å²) in [6, 6.07) is 0.984. The lowest BCUT2D eigenvalue weighted by atomic mass is 9.97. The zero-order valence-corrected chi connectivity index (χ0v) is 15.6. The Bertz CT molecular complexity index is 695. The highest BCUT2D eigenvalue weighted by molar-refractivity contribution is 7.88. The first kappa shape index (κ1) is 19.6. The first-order chi connectivity index (χ1) is 11.8. The van der Waals surface area contributed by atoms with E-state index in [1.807, 2.05) is 6.92 Å². The highest BCUT2D eigenvalue weighted by Gasteiger charge is 2.35. The molecule has 1 aromatic rings. The number of nitrogens with zero attached hydrogens (tertiary/aromatic N) is 2. The number of piperidine rings is 1. The fraction of sp³-hybridized carbons (Fsp3) is 0.625. The molecule has 1 amide bonds. The lowest BCUT2D eigenvalue weighted by Gasteiger charge is -2.40. The summed E-state index contributed by atoms with van der Waals surface area (Å²) in [5.41, 5.74) is 0.846. The summed E-state index contributed by atoms with van der Waals surface area (Å²) >= 11 is 0. The van der Waals surface area contributed by atoms with Crippen molar-refractivity contribution >= 4 is 15.9 Å². The lowest BCUT2D eigenvalue weighted by molar-refractivity contribution is -0.139. The van der Waals surface area contributed by atoms with Crippen LogP contribution in [0.3, 0.4) is 0 Å². The third kappa shape index (κ3) is 5.65. The molecule has 1 N–H and O–H groups in total. The van der Waals surface area contributed by atoms with Crippen LogP contribution in [0.5, 0.6) is 5.75 Å². The molecule has 0 spiro atoms. The van der Waals surface area contributed by atoms with Gasteiger partial charge in [-0.05, 0) is 25.8 Å². The normalized spacial score (nSPS) is 21.2. The number of pyridine rings is 1. The molecular weight excluding hydrogens is 346 g/mol. The van der Waals surface area contributed by atoms with E-state index in [1.54, 1.807) is 23.4 Å². The third-order valence-corrected chi connectivity index (χ3v) is 4.85. The van der Waals surface area contributed by atoms with Gasteiger partial charge < -0.3 is 14.4 Å². The average Bonchev–Trinajstić information content (AvgIpc) is 2.54. The number of carbonyl (C=O) groups excluding carboxylic acids is 1. The summed E-state index contributed by atoms with van der Waals surface area (Å²) in [4.78, 5) is 18.3. The number of methoxy groups -OCH3 is 1. The predicted molar refractivity (Wildman–Crippen MR) is 92.8 cm³/mol. The molecule has 140 valence electrons. The summed E-state index contributed by atoms with van der Waals surface area (Å²) in [6.07, 6.45) is 5.77. The van der Waals surface area contributed by atoms with E-state index in [2.05, 4.69) is 9.71 Å². The molecule has 0 saturated carbocycles. The predicted octanol–water partition coefficient (Wildman–Crippen LogP) is 0.324. The summed E-state index contributed by atoms with van der Waals surface area (Å²) in [7, 11) is -1.83. The largest absolute Gasteiger partial charge is 0.483 e. The lowest BCUT2D eigenvalue weighted by Crippen LogP contribution is -2.59. The van der Waals surface area contributed by atoms with E-state index in [1.165, 1.54) is 7.11 Å². The molecule has 1 aromatic heterocycles. The molecule has 25 heavy (non-hydrogen) atoms. The Labute approximate surface area is 148 Å². The van der Waals surface area contributed by atoms with Crippen molar-refractivity contribution in [2.45, 2.75) is 31.8 Å². The van der Waals surface area contributed by atoms with Gasteiger partial charge in [-0.3, -0.25) is 9.78 Å². The highest BCUT2D eigenvalue weighted by atomic mass is 32.2. The monoisotopic (exact) mass is 371 g/mol. The SMILES string of the molecule is COC[C@H]1C(NS(C)(=O)=O)CCCN1C(=O)COc1ccncc1C. The minimum Gasteiger partial charge on any atom is -0.483 e. The molecule has 2 rings (SSSR count). The van der Waals surface area contributed by atoms with Crippen LogP contribution in [0.1, 0.15) is 18.4 Å². The number of hydrogen-bond acceptors (Lipinski definition) is 6. The smallest absolute Gasteiger partial charge is 0.260 e. The maximum Gasteiger partial charge on any atom is 0.260 e. The van der Waals surface area contributed by atoms with Crippen molar-refractivity contribution in [2.75, 3.05) is 33.1 Å². The summed E-state index contributed by atoms with van der Waals surface area (Å²) in [6.45, 7) is 2.55. The molecule has 1 fully saturated rings. The van der Waals surface area contributed by atoms with Crippen LogP contribution in [0.2, 0.25) is 0 Å². The molecular formula is C16H25N3O5S. The van der Waals surface area contributed by atoms with Gasteiger partial charge in [-0.1, -0.05) is 0 Å². The van der Waals surface area contributed by atoms with E-state index in [-0.39, 0.29) is 31.2 Å². The molecule has 0 aromatic carbocycles. The Morgan fingerprint density at radius 1 is 1.48 bits per heavy atom. The van der Waals surface area contributed by atoms with Crippen LogP contribution < -0.4 is 9.46 Å². The first-order valence-electron chi connectivity index (χ1n) is 8.11. The summed E-state index contributed by atoms with van der Waals surface area (Å²) in [5.74, 6) is 0.410. The van der Waals surface area contributed by atoms with Crippen molar-refractivity contribution in [2.24, 2.45) is 0 Å². The third-order valence-electron chi connectivity index (χ3n) is 4.12. The first-order valence-corrected chi connectivity index (χ1v) is 10.00. The van der Waals surface area contributed by atoms with Gasteiger partial charge in [0.25, 0.3) is 5.91 Å². The van der Waals surface area contributed by atoms with Crippen molar-refractivity contribution in [1.82, 2.24) is 14.6 Å². The van der Waals surface area contributed by atoms with Crippen molar-refractivity contribution in [3.05, 3.63) is 24.0 Å². The number of ether oxygens (including phenoxy) is 2. The van der Waals surface area contributed by atoms with Crippen molar-refractivity contribution in [3.8, 4) is 5.75 Å². The second-order valence-corrected chi connectivity index (χ2v) is 7.96. The Morgan fingerprint density at radius 2 is 2.24 bits per heavy atom. The number of nitrogens with one attached hydrogen (secondary N) is 1. The van der Waals surface area contributed by atoms with Gasteiger partial charge in [0.1, 0.15) is 5.75 Å². The van der Waals surface area contributed by atoms with Gasteiger partial charge in [-0.25, -0.2) is 13.1 Å². The van der Waals surface area contributed by atoms with Gasteiger partial charge in [0.15, 0.2) is 6.61 Å². The van der Waals surface area contributed by atoms with Crippen LogP contribution in [0.4, 0.5) is 0 Å². The Balaban J connectivity index is 2.06. The molecule has 9 heteroatoms. The van der Waals surface area contributed by atoms with Crippen molar-refractivity contribution in [1.29, 1.82) is 0 Å². The van der Waals surface area contributed by atoms with Crippen LogP contribution in [0, 0.1) is 6.92 Å². The van der Waals surface area contributed by atoms with Gasteiger partial charge in [0.2, 0.25) is 10.0 Å². The zero-order chi connectivity index (χ0) is 18.4. The van der Waals surface area contributed by atoms with Crippen LogP contribution in [-0.2, 0) is 19.6 Å². The topological polar surface area (TPSA) is 97.8 Å². The van der Waals surface area contributed by atoms with E-state index < -0.39 is 10.0 Å². The van der Waals surface area contributed by atoms with Gasteiger partial charge in [-0.15, -0.1) is 0 Å². The molecule has 1 saturated heterocycles. The van der Waals surface area contributed by atoms with Gasteiger partial charge in [-0.2, -0.15) is 0 Å². The fourth-order valence-corrected chi connectivity index (χ4v) is 3.83. The second kappa shape index (κ2) is 8.59. The van der Waals surface area contributed by atoms with Gasteiger partial charge in [0.05, 0.1) is 18.9 Å². The summed E-state index contributed by atoms with van der Waals surface area (Å²) < 4.78 is 36.6. The molecule has 0 aliphatic carbocycles. The number of carbonyl (C=O) groups is 1. The number of hydrogen-bond donors (Lipinski definition) is 1. The second-order valence-electron chi connectivity index (χ2n) is 6.18. The van der Waals surface area contributed by atoms with Crippen LogP contribution in [0.15, 0.2) is 18.5 Å². The molecule has 2 heterocycles. The van der Waals surface area contributed by atoms with E-state index in [4.69, 9.17) is 9.47 Å². The molecule has 1 aliphatic rings.